The molecule has 0 saturated carbocycles. The van der Waals surface area contributed by atoms with Crippen molar-refractivity contribution in [3.63, 3.8) is 0 Å². The summed E-state index contributed by atoms with van der Waals surface area (Å²) in [6, 6.07) is 3.37. The molecule has 0 aromatic carbocycles. The van der Waals surface area contributed by atoms with Gasteiger partial charge in [-0.3, -0.25) is 4.79 Å². The normalized spacial score (nSPS) is 10.4. The maximum Gasteiger partial charge on any atom is 0.286 e. The van der Waals surface area contributed by atoms with Gasteiger partial charge in [0, 0.05) is 6.54 Å². The number of carbonyl (C=O) groups excluding carboxylic acids is 1. The molecule has 0 aliphatic rings. The highest BCUT2D eigenvalue weighted by Gasteiger charge is 2.09. The quantitative estimate of drug-likeness (QED) is 0.590. The molecule has 0 fully saturated rings. The number of rotatable bonds is 7. The maximum atomic E-state index is 11.6. The predicted octanol–water partition coefficient (Wildman–Crippen LogP) is 3.33. The van der Waals surface area contributed by atoms with E-state index in [-0.39, 0.29) is 5.91 Å². The third-order valence-electron chi connectivity index (χ3n) is 2.33. The van der Waals surface area contributed by atoms with E-state index in [4.69, 9.17) is 16.0 Å². The minimum Gasteiger partial charge on any atom is -0.455 e. The SMILES string of the molecule is CCCCCCNC(=O)c1ccc(CCl)o1. The van der Waals surface area contributed by atoms with Gasteiger partial charge in [0.25, 0.3) is 5.91 Å². The summed E-state index contributed by atoms with van der Waals surface area (Å²) in [5, 5.41) is 2.82. The Kier molecular flexibility index (Phi) is 6.01. The highest BCUT2D eigenvalue weighted by Crippen LogP contribution is 2.09. The average Bonchev–Trinajstić information content (AvgIpc) is 2.77. The molecule has 4 heteroatoms. The molecule has 0 bridgehead atoms. The summed E-state index contributed by atoms with van der Waals surface area (Å²) >= 11 is 5.58. The van der Waals surface area contributed by atoms with Crippen LogP contribution in [0.5, 0.6) is 0 Å². The van der Waals surface area contributed by atoms with E-state index in [0.29, 0.717) is 23.9 Å². The lowest BCUT2D eigenvalue weighted by atomic mass is 10.2. The molecule has 0 aliphatic heterocycles. The minimum atomic E-state index is -0.159. The Morgan fingerprint density at radius 2 is 2.19 bits per heavy atom. The van der Waals surface area contributed by atoms with E-state index < -0.39 is 0 Å². The van der Waals surface area contributed by atoms with Gasteiger partial charge in [0.1, 0.15) is 5.76 Å². The van der Waals surface area contributed by atoms with Crippen molar-refractivity contribution in [3.05, 3.63) is 23.7 Å². The van der Waals surface area contributed by atoms with Crippen LogP contribution >= 0.6 is 11.6 Å². The number of halogens is 1. The van der Waals surface area contributed by atoms with Crippen LogP contribution in [0.25, 0.3) is 0 Å². The van der Waals surface area contributed by atoms with Gasteiger partial charge in [0.15, 0.2) is 5.76 Å². The number of carbonyl (C=O) groups is 1. The van der Waals surface area contributed by atoms with Crippen LogP contribution in [0.2, 0.25) is 0 Å². The number of hydrogen-bond donors (Lipinski definition) is 1. The van der Waals surface area contributed by atoms with Crippen LogP contribution in [0.4, 0.5) is 0 Å². The Labute approximate surface area is 101 Å². The fourth-order valence-corrected chi connectivity index (χ4v) is 1.56. The highest BCUT2D eigenvalue weighted by molar-refractivity contribution is 6.16. The van der Waals surface area contributed by atoms with Crippen molar-refractivity contribution >= 4 is 17.5 Å². The molecule has 0 radical (unpaired) electrons. The summed E-state index contributed by atoms with van der Waals surface area (Å²) in [5.74, 6) is 1.10. The summed E-state index contributed by atoms with van der Waals surface area (Å²) in [5.41, 5.74) is 0. The molecule has 1 amide bonds. The van der Waals surface area contributed by atoms with Gasteiger partial charge in [-0.2, -0.15) is 0 Å². The van der Waals surface area contributed by atoms with Crippen LogP contribution < -0.4 is 5.32 Å². The van der Waals surface area contributed by atoms with Crippen molar-refractivity contribution in [1.29, 1.82) is 0 Å². The van der Waals surface area contributed by atoms with Gasteiger partial charge in [-0.1, -0.05) is 26.2 Å². The van der Waals surface area contributed by atoms with E-state index in [1.807, 2.05) is 0 Å². The zero-order valence-electron chi connectivity index (χ0n) is 9.59. The van der Waals surface area contributed by atoms with E-state index in [1.165, 1.54) is 12.8 Å². The van der Waals surface area contributed by atoms with Crippen molar-refractivity contribution < 1.29 is 9.21 Å². The fraction of sp³-hybridized carbons (Fsp3) is 0.583. The zero-order chi connectivity index (χ0) is 11.8. The number of unbranched alkanes of at least 4 members (excludes halogenated alkanes) is 3. The first-order valence-corrected chi connectivity index (χ1v) is 6.24. The molecule has 0 aliphatic carbocycles. The van der Waals surface area contributed by atoms with Gasteiger partial charge in [-0.05, 0) is 18.6 Å². The Morgan fingerprint density at radius 1 is 1.38 bits per heavy atom. The summed E-state index contributed by atoms with van der Waals surface area (Å²) in [6.07, 6.45) is 4.59. The van der Waals surface area contributed by atoms with Crippen molar-refractivity contribution in [2.24, 2.45) is 0 Å². The van der Waals surface area contributed by atoms with Crippen molar-refractivity contribution in [2.45, 2.75) is 38.5 Å². The Hall–Kier alpha value is -0.960. The van der Waals surface area contributed by atoms with E-state index in [1.54, 1.807) is 12.1 Å². The molecule has 90 valence electrons. The molecule has 16 heavy (non-hydrogen) atoms. The lowest BCUT2D eigenvalue weighted by molar-refractivity contribution is 0.0924. The Morgan fingerprint density at radius 3 is 2.81 bits per heavy atom. The number of alkyl halides is 1. The Bertz CT molecular complexity index is 323. The smallest absolute Gasteiger partial charge is 0.286 e. The molecule has 1 aromatic rings. The standard InChI is InChI=1S/C12H18ClNO2/c1-2-3-4-5-8-14-12(15)11-7-6-10(9-13)16-11/h6-7H,2-5,8-9H2,1H3,(H,14,15). The molecule has 0 spiro atoms. The summed E-state index contributed by atoms with van der Waals surface area (Å²) in [6.45, 7) is 2.87. The van der Waals surface area contributed by atoms with Crippen LogP contribution in [0.15, 0.2) is 16.5 Å². The van der Waals surface area contributed by atoms with Crippen LogP contribution in [-0.2, 0) is 5.88 Å². The molecule has 3 nitrogen and oxygen atoms in total. The van der Waals surface area contributed by atoms with Gasteiger partial charge in [-0.25, -0.2) is 0 Å². The van der Waals surface area contributed by atoms with E-state index in [9.17, 15) is 4.79 Å². The van der Waals surface area contributed by atoms with E-state index in [2.05, 4.69) is 12.2 Å². The second kappa shape index (κ2) is 7.34. The van der Waals surface area contributed by atoms with Crippen LogP contribution in [0.1, 0.15) is 48.9 Å². The van der Waals surface area contributed by atoms with E-state index in [0.717, 1.165) is 12.8 Å². The third kappa shape index (κ3) is 4.27. The summed E-state index contributed by atoms with van der Waals surface area (Å²) < 4.78 is 5.23. The molecular weight excluding hydrogens is 226 g/mol. The number of hydrogen-bond acceptors (Lipinski definition) is 2. The van der Waals surface area contributed by atoms with E-state index >= 15 is 0 Å². The third-order valence-corrected chi connectivity index (χ3v) is 2.60. The molecule has 1 N–H and O–H groups in total. The van der Waals surface area contributed by atoms with Crippen molar-refractivity contribution in [1.82, 2.24) is 5.32 Å². The predicted molar refractivity (Wildman–Crippen MR) is 64.7 cm³/mol. The highest BCUT2D eigenvalue weighted by atomic mass is 35.5. The van der Waals surface area contributed by atoms with Crippen molar-refractivity contribution in [3.8, 4) is 0 Å². The number of furan rings is 1. The lowest BCUT2D eigenvalue weighted by Gasteiger charge is -2.02. The largest absolute Gasteiger partial charge is 0.455 e. The Balaban J connectivity index is 2.24. The molecule has 0 saturated heterocycles. The first kappa shape index (κ1) is 13.1. The topological polar surface area (TPSA) is 42.2 Å². The van der Waals surface area contributed by atoms with Gasteiger partial charge < -0.3 is 9.73 Å². The van der Waals surface area contributed by atoms with Gasteiger partial charge in [0.05, 0.1) is 5.88 Å². The first-order chi connectivity index (χ1) is 7.77. The minimum absolute atomic E-state index is 0.159. The summed E-state index contributed by atoms with van der Waals surface area (Å²) in [7, 11) is 0. The van der Waals surface area contributed by atoms with Gasteiger partial charge in [0.2, 0.25) is 0 Å². The second-order valence-corrected chi connectivity index (χ2v) is 3.98. The van der Waals surface area contributed by atoms with Gasteiger partial charge >= 0.3 is 0 Å². The molecule has 0 unspecified atom stereocenters. The van der Waals surface area contributed by atoms with Crippen LogP contribution in [0.3, 0.4) is 0 Å². The number of amides is 1. The first-order valence-electron chi connectivity index (χ1n) is 5.70. The molecule has 1 aromatic heterocycles. The van der Waals surface area contributed by atoms with Crippen molar-refractivity contribution in [2.75, 3.05) is 6.54 Å². The molecule has 0 atom stereocenters. The maximum absolute atomic E-state index is 11.6. The van der Waals surface area contributed by atoms with Crippen LogP contribution in [0, 0.1) is 0 Å². The number of nitrogens with one attached hydrogen (secondary N) is 1. The molecular formula is C12H18ClNO2. The molecule has 1 heterocycles. The van der Waals surface area contributed by atoms with Crippen LogP contribution in [-0.4, -0.2) is 12.5 Å². The summed E-state index contributed by atoms with van der Waals surface area (Å²) in [4.78, 5) is 11.6. The lowest BCUT2D eigenvalue weighted by Crippen LogP contribution is -2.23. The monoisotopic (exact) mass is 243 g/mol. The second-order valence-electron chi connectivity index (χ2n) is 3.72. The van der Waals surface area contributed by atoms with Gasteiger partial charge in [-0.15, -0.1) is 11.6 Å². The zero-order valence-corrected chi connectivity index (χ0v) is 10.3. The fourth-order valence-electron chi connectivity index (χ4n) is 1.41. The average molecular weight is 244 g/mol. The molecule has 1 rings (SSSR count).